The van der Waals surface area contributed by atoms with Crippen molar-refractivity contribution >= 4 is 5.69 Å². The first-order valence-corrected chi connectivity index (χ1v) is 6.28. The van der Waals surface area contributed by atoms with E-state index < -0.39 is 0 Å². The molecule has 0 aliphatic rings. The predicted octanol–water partition coefficient (Wildman–Crippen LogP) is 2.14. The van der Waals surface area contributed by atoms with Gasteiger partial charge in [0.15, 0.2) is 0 Å². The number of rotatable bonds is 4. The topological polar surface area (TPSA) is 44.9 Å². The van der Waals surface area contributed by atoms with E-state index >= 15 is 0 Å². The first-order valence-electron chi connectivity index (χ1n) is 6.28. The van der Waals surface area contributed by atoms with E-state index in [1.165, 1.54) is 11.3 Å². The third kappa shape index (κ3) is 2.94. The minimum absolute atomic E-state index is 0.657. The molecule has 0 saturated carbocycles. The number of nitrogens with zero attached hydrogens (tertiary/aromatic N) is 4. The smallest absolute Gasteiger partial charge is 0.142 e. The van der Waals surface area contributed by atoms with Crippen molar-refractivity contribution in [2.45, 2.75) is 12.8 Å². The summed E-state index contributed by atoms with van der Waals surface area (Å²) in [6, 6.07) is 10.7. The highest BCUT2D eigenvalue weighted by Crippen LogP contribution is 2.14. The normalized spacial score (nSPS) is 10.2. The summed E-state index contributed by atoms with van der Waals surface area (Å²) in [5.74, 6) is 0. The van der Waals surface area contributed by atoms with Gasteiger partial charge in [-0.25, -0.2) is 4.98 Å². The minimum Gasteiger partial charge on any atom is -0.378 e. The SMILES string of the molecule is CN(C)c1ccc(CCc2ncn(C)c2C#N)cc1. The van der Waals surface area contributed by atoms with E-state index in [-0.39, 0.29) is 0 Å². The van der Waals surface area contributed by atoms with Crippen LogP contribution in [0.15, 0.2) is 30.6 Å². The average Bonchev–Trinajstić information content (AvgIpc) is 2.77. The summed E-state index contributed by atoms with van der Waals surface area (Å²) in [4.78, 5) is 6.36. The molecule has 19 heavy (non-hydrogen) atoms. The maximum Gasteiger partial charge on any atom is 0.142 e. The quantitative estimate of drug-likeness (QED) is 0.839. The van der Waals surface area contributed by atoms with E-state index in [1.807, 2.05) is 21.1 Å². The fraction of sp³-hybridized carbons (Fsp3) is 0.333. The van der Waals surface area contributed by atoms with E-state index in [2.05, 4.69) is 40.2 Å². The van der Waals surface area contributed by atoms with Crippen molar-refractivity contribution in [3.8, 4) is 6.07 Å². The lowest BCUT2D eigenvalue weighted by Crippen LogP contribution is -2.08. The van der Waals surface area contributed by atoms with Crippen molar-refractivity contribution in [3.05, 3.63) is 47.5 Å². The predicted molar refractivity (Wildman–Crippen MR) is 76.1 cm³/mol. The van der Waals surface area contributed by atoms with Crippen molar-refractivity contribution in [1.82, 2.24) is 9.55 Å². The summed E-state index contributed by atoms with van der Waals surface area (Å²) in [5.41, 5.74) is 3.99. The molecule has 0 aliphatic carbocycles. The molecule has 2 rings (SSSR count). The molecule has 0 bridgehead atoms. The van der Waals surface area contributed by atoms with Crippen molar-refractivity contribution in [2.75, 3.05) is 19.0 Å². The minimum atomic E-state index is 0.657. The highest BCUT2D eigenvalue weighted by molar-refractivity contribution is 5.46. The summed E-state index contributed by atoms with van der Waals surface area (Å²) in [5, 5.41) is 9.07. The van der Waals surface area contributed by atoms with Crippen molar-refractivity contribution in [1.29, 1.82) is 5.26 Å². The van der Waals surface area contributed by atoms with Crippen molar-refractivity contribution in [3.63, 3.8) is 0 Å². The second-order valence-corrected chi connectivity index (χ2v) is 4.82. The summed E-state index contributed by atoms with van der Waals surface area (Å²) in [6.07, 6.45) is 3.40. The standard InChI is InChI=1S/C15H18N4/c1-18(2)13-7-4-12(5-8-13)6-9-14-15(10-16)19(3)11-17-14/h4-5,7-8,11H,6,9H2,1-3H3. The van der Waals surface area contributed by atoms with Crippen LogP contribution in [0.25, 0.3) is 0 Å². The number of anilines is 1. The molecule has 4 nitrogen and oxygen atoms in total. The third-order valence-electron chi connectivity index (χ3n) is 3.22. The molecule has 1 aromatic heterocycles. The van der Waals surface area contributed by atoms with Crippen LogP contribution >= 0.6 is 0 Å². The van der Waals surface area contributed by atoms with Gasteiger partial charge in [-0.3, -0.25) is 0 Å². The summed E-state index contributed by atoms with van der Waals surface area (Å²) >= 11 is 0. The highest BCUT2D eigenvalue weighted by Gasteiger charge is 2.08. The fourth-order valence-electron chi connectivity index (χ4n) is 2.03. The maximum absolute atomic E-state index is 9.07. The molecule has 0 radical (unpaired) electrons. The van der Waals surface area contributed by atoms with E-state index in [4.69, 9.17) is 5.26 Å². The van der Waals surface area contributed by atoms with Gasteiger partial charge in [-0.05, 0) is 30.5 Å². The zero-order chi connectivity index (χ0) is 13.8. The molecule has 0 atom stereocenters. The Labute approximate surface area is 113 Å². The first-order chi connectivity index (χ1) is 9.11. The summed E-state index contributed by atoms with van der Waals surface area (Å²) in [6.45, 7) is 0. The van der Waals surface area contributed by atoms with E-state index in [0.717, 1.165) is 18.5 Å². The van der Waals surface area contributed by atoms with Gasteiger partial charge in [-0.15, -0.1) is 0 Å². The van der Waals surface area contributed by atoms with E-state index in [0.29, 0.717) is 5.69 Å². The Balaban J connectivity index is 2.04. The monoisotopic (exact) mass is 254 g/mol. The summed E-state index contributed by atoms with van der Waals surface area (Å²) in [7, 11) is 5.91. The van der Waals surface area contributed by atoms with Gasteiger partial charge in [0.05, 0.1) is 12.0 Å². The van der Waals surface area contributed by atoms with Gasteiger partial charge in [0.1, 0.15) is 11.8 Å². The Hall–Kier alpha value is -2.28. The molecule has 4 heteroatoms. The Morgan fingerprint density at radius 3 is 2.47 bits per heavy atom. The molecular formula is C15H18N4. The molecule has 0 spiro atoms. The molecule has 0 saturated heterocycles. The van der Waals surface area contributed by atoms with E-state index in [1.54, 1.807) is 10.9 Å². The number of nitriles is 1. The van der Waals surface area contributed by atoms with Gasteiger partial charge in [0.2, 0.25) is 0 Å². The summed E-state index contributed by atoms with van der Waals surface area (Å²) < 4.78 is 1.77. The van der Waals surface area contributed by atoms with Crippen LogP contribution in [0.1, 0.15) is 17.0 Å². The number of hydrogen-bond donors (Lipinski definition) is 0. The van der Waals surface area contributed by atoms with Gasteiger partial charge in [-0.2, -0.15) is 5.26 Å². The number of aromatic nitrogens is 2. The van der Waals surface area contributed by atoms with Gasteiger partial charge in [-0.1, -0.05) is 12.1 Å². The van der Waals surface area contributed by atoms with E-state index in [9.17, 15) is 0 Å². The largest absolute Gasteiger partial charge is 0.378 e. The van der Waals surface area contributed by atoms with Crippen LogP contribution in [0.2, 0.25) is 0 Å². The molecule has 1 heterocycles. The van der Waals surface area contributed by atoms with Gasteiger partial charge < -0.3 is 9.47 Å². The molecule has 2 aromatic rings. The Morgan fingerprint density at radius 1 is 1.21 bits per heavy atom. The van der Waals surface area contributed by atoms with Crippen molar-refractivity contribution < 1.29 is 0 Å². The third-order valence-corrected chi connectivity index (χ3v) is 3.22. The molecule has 1 aromatic carbocycles. The van der Waals surface area contributed by atoms with Crippen LogP contribution in [-0.4, -0.2) is 23.6 Å². The van der Waals surface area contributed by atoms with Crippen LogP contribution in [-0.2, 0) is 19.9 Å². The van der Waals surface area contributed by atoms with Crippen molar-refractivity contribution in [2.24, 2.45) is 7.05 Å². The van der Waals surface area contributed by atoms with Gasteiger partial charge in [0, 0.05) is 26.8 Å². The highest BCUT2D eigenvalue weighted by atomic mass is 15.1. The van der Waals surface area contributed by atoms with Crippen LogP contribution in [0.5, 0.6) is 0 Å². The molecule has 0 aliphatic heterocycles. The molecule has 0 N–H and O–H groups in total. The molecule has 0 unspecified atom stereocenters. The Morgan fingerprint density at radius 2 is 1.89 bits per heavy atom. The second-order valence-electron chi connectivity index (χ2n) is 4.82. The number of imidazole rings is 1. The number of aryl methyl sites for hydroxylation is 3. The first kappa shape index (κ1) is 13.2. The fourth-order valence-corrected chi connectivity index (χ4v) is 2.03. The van der Waals surface area contributed by atoms with Crippen LogP contribution in [0.3, 0.4) is 0 Å². The van der Waals surface area contributed by atoms with Crippen LogP contribution in [0.4, 0.5) is 5.69 Å². The van der Waals surface area contributed by atoms with Gasteiger partial charge in [0.25, 0.3) is 0 Å². The number of hydrogen-bond acceptors (Lipinski definition) is 3. The van der Waals surface area contributed by atoms with Crippen LogP contribution < -0.4 is 4.90 Å². The average molecular weight is 254 g/mol. The molecule has 0 amide bonds. The molecule has 0 fully saturated rings. The zero-order valence-electron chi connectivity index (χ0n) is 11.6. The lowest BCUT2D eigenvalue weighted by Gasteiger charge is -2.12. The maximum atomic E-state index is 9.07. The van der Waals surface area contributed by atoms with Gasteiger partial charge >= 0.3 is 0 Å². The Bertz CT molecular complexity index is 588. The lowest BCUT2D eigenvalue weighted by atomic mass is 10.1. The lowest BCUT2D eigenvalue weighted by molar-refractivity contribution is 0.883. The second kappa shape index (κ2) is 5.57. The zero-order valence-corrected chi connectivity index (χ0v) is 11.6. The van der Waals surface area contributed by atoms with Crippen LogP contribution in [0, 0.1) is 11.3 Å². The molecule has 98 valence electrons. The Kier molecular flexibility index (Phi) is 3.86. The number of benzene rings is 1. The molecular weight excluding hydrogens is 236 g/mol.